The van der Waals surface area contributed by atoms with Crippen LogP contribution in [0.2, 0.25) is 0 Å². The van der Waals surface area contributed by atoms with Crippen LogP contribution in [0.15, 0.2) is 30.3 Å². The molecule has 0 bridgehead atoms. The summed E-state index contributed by atoms with van der Waals surface area (Å²) in [7, 11) is -3.11. The van der Waals surface area contributed by atoms with Crippen molar-refractivity contribution in [2.24, 2.45) is 11.7 Å². The molecule has 0 aliphatic carbocycles. The smallest absolute Gasteiger partial charge is 0.224 e. The number of carbonyl (C=O) groups is 1. The molecule has 1 heterocycles. The summed E-state index contributed by atoms with van der Waals surface area (Å²) in [6.45, 7) is 2.95. The molecule has 1 aromatic carbocycles. The molecule has 1 fully saturated rings. The number of nitrogens with two attached hydrogens (primary N) is 1. The Morgan fingerprint density at radius 2 is 2.05 bits per heavy atom. The molecule has 1 saturated heterocycles. The number of nitrogens with zero attached hydrogens (tertiary/aromatic N) is 1. The molecule has 1 aliphatic heterocycles. The average Bonchev–Trinajstić information content (AvgIpc) is 2.85. The highest BCUT2D eigenvalue weighted by Crippen LogP contribution is 2.19. The van der Waals surface area contributed by atoms with Gasteiger partial charge in [-0.05, 0) is 12.0 Å². The van der Waals surface area contributed by atoms with E-state index in [0.29, 0.717) is 26.1 Å². The SMILES string of the molecule is CC(C(=O)NCCN1CCCS1(=O)=O)C(N)c1ccccc1. The maximum absolute atomic E-state index is 12.1. The largest absolute Gasteiger partial charge is 0.354 e. The van der Waals surface area contributed by atoms with Crippen molar-refractivity contribution in [3.05, 3.63) is 35.9 Å². The van der Waals surface area contributed by atoms with E-state index in [2.05, 4.69) is 5.32 Å². The number of nitrogens with one attached hydrogen (secondary N) is 1. The molecule has 2 atom stereocenters. The number of benzene rings is 1. The first kappa shape index (κ1) is 16.9. The third kappa shape index (κ3) is 4.06. The molecule has 2 rings (SSSR count). The fraction of sp³-hybridized carbons (Fsp3) is 0.533. The summed E-state index contributed by atoms with van der Waals surface area (Å²) in [5.74, 6) is -0.332. The second-order valence-corrected chi connectivity index (χ2v) is 7.67. The number of rotatable bonds is 6. The zero-order chi connectivity index (χ0) is 16.2. The number of amides is 1. The molecule has 6 nitrogen and oxygen atoms in total. The van der Waals surface area contributed by atoms with Crippen molar-refractivity contribution in [3.63, 3.8) is 0 Å². The Morgan fingerprint density at radius 1 is 1.36 bits per heavy atom. The minimum Gasteiger partial charge on any atom is -0.354 e. The second-order valence-electron chi connectivity index (χ2n) is 5.58. The van der Waals surface area contributed by atoms with Crippen molar-refractivity contribution in [1.82, 2.24) is 9.62 Å². The third-order valence-electron chi connectivity index (χ3n) is 4.00. The highest BCUT2D eigenvalue weighted by molar-refractivity contribution is 7.89. The van der Waals surface area contributed by atoms with E-state index in [9.17, 15) is 13.2 Å². The summed E-state index contributed by atoms with van der Waals surface area (Å²) >= 11 is 0. The van der Waals surface area contributed by atoms with Gasteiger partial charge in [0.1, 0.15) is 0 Å². The van der Waals surface area contributed by atoms with Gasteiger partial charge in [0.05, 0.1) is 11.7 Å². The fourth-order valence-corrected chi connectivity index (χ4v) is 4.06. The van der Waals surface area contributed by atoms with E-state index in [1.807, 2.05) is 30.3 Å². The van der Waals surface area contributed by atoms with Crippen LogP contribution < -0.4 is 11.1 Å². The van der Waals surface area contributed by atoms with Crippen molar-refractivity contribution in [2.75, 3.05) is 25.4 Å². The Bertz CT molecular complexity index is 604. The molecule has 0 spiro atoms. The highest BCUT2D eigenvalue weighted by Gasteiger charge is 2.28. The Morgan fingerprint density at radius 3 is 2.64 bits per heavy atom. The summed E-state index contributed by atoms with van der Waals surface area (Å²) < 4.78 is 24.7. The number of sulfonamides is 1. The van der Waals surface area contributed by atoms with Gasteiger partial charge in [0, 0.05) is 25.7 Å². The normalized spacial score (nSPS) is 20.5. The molecule has 3 N–H and O–H groups in total. The average molecular weight is 325 g/mol. The Kier molecular flexibility index (Phi) is 5.55. The van der Waals surface area contributed by atoms with Gasteiger partial charge < -0.3 is 11.1 Å². The maximum atomic E-state index is 12.1. The summed E-state index contributed by atoms with van der Waals surface area (Å²) in [5.41, 5.74) is 7.02. The Balaban J connectivity index is 1.82. The van der Waals surface area contributed by atoms with Gasteiger partial charge >= 0.3 is 0 Å². The molecule has 1 amide bonds. The molecule has 0 radical (unpaired) electrons. The van der Waals surface area contributed by atoms with Crippen LogP contribution in [-0.4, -0.2) is 44.0 Å². The first-order chi connectivity index (χ1) is 10.4. The van der Waals surface area contributed by atoms with Gasteiger partial charge in [0.2, 0.25) is 15.9 Å². The van der Waals surface area contributed by atoms with E-state index in [0.717, 1.165) is 5.56 Å². The van der Waals surface area contributed by atoms with Gasteiger partial charge in [0.15, 0.2) is 0 Å². The lowest BCUT2D eigenvalue weighted by atomic mass is 9.95. The van der Waals surface area contributed by atoms with Crippen LogP contribution in [0.25, 0.3) is 0 Å². The van der Waals surface area contributed by atoms with E-state index in [1.54, 1.807) is 6.92 Å². The standard InChI is InChI=1S/C15H23N3O3S/c1-12(14(16)13-6-3-2-4-7-13)15(19)17-8-10-18-9-5-11-22(18,20)21/h2-4,6-7,12,14H,5,8-11,16H2,1H3,(H,17,19). The van der Waals surface area contributed by atoms with Crippen LogP contribution in [0, 0.1) is 5.92 Å². The lowest BCUT2D eigenvalue weighted by Crippen LogP contribution is -2.40. The minimum atomic E-state index is -3.11. The fourth-order valence-electron chi connectivity index (χ4n) is 2.53. The van der Waals surface area contributed by atoms with Crippen molar-refractivity contribution < 1.29 is 13.2 Å². The molecule has 1 aromatic rings. The van der Waals surface area contributed by atoms with Gasteiger partial charge in [-0.15, -0.1) is 0 Å². The first-order valence-corrected chi connectivity index (χ1v) is 9.09. The number of hydrogen-bond donors (Lipinski definition) is 2. The molecule has 1 aliphatic rings. The summed E-state index contributed by atoms with van der Waals surface area (Å²) in [5, 5.41) is 2.77. The zero-order valence-electron chi connectivity index (χ0n) is 12.7. The lowest BCUT2D eigenvalue weighted by molar-refractivity contribution is -0.125. The molecular formula is C15H23N3O3S. The predicted octanol–water partition coefficient (Wildman–Crippen LogP) is 0.474. The van der Waals surface area contributed by atoms with Gasteiger partial charge in [-0.3, -0.25) is 4.79 Å². The second kappa shape index (κ2) is 7.21. The summed E-state index contributed by atoms with van der Waals surface area (Å²) in [4.78, 5) is 12.1. The van der Waals surface area contributed by atoms with Crippen LogP contribution in [0.5, 0.6) is 0 Å². The van der Waals surface area contributed by atoms with Crippen LogP contribution in [-0.2, 0) is 14.8 Å². The molecule has 22 heavy (non-hydrogen) atoms. The predicted molar refractivity (Wildman–Crippen MR) is 85.5 cm³/mol. The maximum Gasteiger partial charge on any atom is 0.224 e. The molecule has 0 aromatic heterocycles. The first-order valence-electron chi connectivity index (χ1n) is 7.48. The Labute approximate surface area is 131 Å². The van der Waals surface area contributed by atoms with E-state index in [-0.39, 0.29) is 23.6 Å². The van der Waals surface area contributed by atoms with Crippen molar-refractivity contribution in [1.29, 1.82) is 0 Å². The van der Waals surface area contributed by atoms with Crippen molar-refractivity contribution in [2.45, 2.75) is 19.4 Å². The van der Waals surface area contributed by atoms with Gasteiger partial charge in [-0.1, -0.05) is 37.3 Å². The summed E-state index contributed by atoms with van der Waals surface area (Å²) in [6.07, 6.45) is 0.658. The van der Waals surface area contributed by atoms with Gasteiger partial charge in [-0.25, -0.2) is 12.7 Å². The van der Waals surface area contributed by atoms with Crippen molar-refractivity contribution in [3.8, 4) is 0 Å². The van der Waals surface area contributed by atoms with E-state index < -0.39 is 10.0 Å². The molecule has 2 unspecified atom stereocenters. The van der Waals surface area contributed by atoms with Gasteiger partial charge in [-0.2, -0.15) is 0 Å². The highest BCUT2D eigenvalue weighted by atomic mass is 32.2. The minimum absolute atomic E-state index is 0.159. The Hall–Kier alpha value is -1.44. The van der Waals surface area contributed by atoms with E-state index in [4.69, 9.17) is 5.73 Å². The van der Waals surface area contributed by atoms with Gasteiger partial charge in [0.25, 0.3) is 0 Å². The quantitative estimate of drug-likeness (QED) is 0.795. The van der Waals surface area contributed by atoms with Crippen LogP contribution in [0.1, 0.15) is 24.9 Å². The number of carbonyl (C=O) groups excluding carboxylic acids is 1. The monoisotopic (exact) mass is 325 g/mol. The topological polar surface area (TPSA) is 92.5 Å². The third-order valence-corrected chi connectivity index (χ3v) is 5.96. The molecule has 122 valence electrons. The van der Waals surface area contributed by atoms with Crippen LogP contribution in [0.3, 0.4) is 0 Å². The van der Waals surface area contributed by atoms with E-state index >= 15 is 0 Å². The van der Waals surface area contributed by atoms with Crippen LogP contribution in [0.4, 0.5) is 0 Å². The molecule has 7 heteroatoms. The summed E-state index contributed by atoms with van der Waals surface area (Å²) in [6, 6.07) is 9.08. The molecular weight excluding hydrogens is 302 g/mol. The van der Waals surface area contributed by atoms with Crippen molar-refractivity contribution >= 4 is 15.9 Å². The lowest BCUT2D eigenvalue weighted by Gasteiger charge is -2.21. The zero-order valence-corrected chi connectivity index (χ0v) is 13.6. The van der Waals surface area contributed by atoms with E-state index in [1.165, 1.54) is 4.31 Å². The molecule has 0 saturated carbocycles. The van der Waals surface area contributed by atoms with Crippen LogP contribution >= 0.6 is 0 Å². The number of hydrogen-bond acceptors (Lipinski definition) is 4.